The molecule has 0 radical (unpaired) electrons. The summed E-state index contributed by atoms with van der Waals surface area (Å²) in [4.78, 5) is 14.5. The van der Waals surface area contributed by atoms with Gasteiger partial charge in [-0.1, -0.05) is 12.8 Å². The molecule has 22 heavy (non-hydrogen) atoms. The number of aliphatic hydroxyl groups is 1. The number of hydrogen-bond donors (Lipinski definition) is 1. The van der Waals surface area contributed by atoms with E-state index >= 15 is 0 Å². The quantitative estimate of drug-likeness (QED) is 0.904. The molecular formula is C17H25N3O2. The second-order valence-electron chi connectivity index (χ2n) is 7.23. The molecule has 4 rings (SSSR count). The summed E-state index contributed by atoms with van der Waals surface area (Å²) < 4.78 is 1.67. The van der Waals surface area contributed by atoms with Crippen LogP contribution in [-0.2, 0) is 19.4 Å². The van der Waals surface area contributed by atoms with Crippen LogP contribution in [0.1, 0.15) is 43.4 Å². The number of fused-ring (bicyclic) bond motifs is 1. The Hall–Kier alpha value is -1.20. The fraction of sp³-hybridized carbons (Fsp3) is 0.765. The van der Waals surface area contributed by atoms with Crippen molar-refractivity contribution in [2.24, 2.45) is 5.92 Å². The van der Waals surface area contributed by atoms with Gasteiger partial charge in [0.05, 0.1) is 18.3 Å². The highest BCUT2D eigenvalue weighted by Crippen LogP contribution is 2.29. The first kappa shape index (κ1) is 14.4. The van der Waals surface area contributed by atoms with E-state index in [4.69, 9.17) is 0 Å². The van der Waals surface area contributed by atoms with E-state index in [1.165, 1.54) is 6.42 Å². The highest BCUT2D eigenvalue weighted by molar-refractivity contribution is 5.22. The maximum absolute atomic E-state index is 12.1. The molecule has 3 aliphatic rings. The highest BCUT2D eigenvalue weighted by atomic mass is 16.3. The number of nitrogens with zero attached hydrogens (tertiary/aromatic N) is 3. The predicted molar refractivity (Wildman–Crippen MR) is 83.8 cm³/mol. The molecule has 2 unspecified atom stereocenters. The molecule has 1 N–H and O–H groups in total. The Morgan fingerprint density at radius 2 is 2.00 bits per heavy atom. The lowest BCUT2D eigenvalue weighted by Crippen LogP contribution is -2.58. The van der Waals surface area contributed by atoms with Crippen molar-refractivity contribution in [1.29, 1.82) is 0 Å². The summed E-state index contributed by atoms with van der Waals surface area (Å²) in [5, 5.41) is 14.7. The maximum Gasteiger partial charge on any atom is 0.267 e. The lowest BCUT2D eigenvalue weighted by Gasteiger charge is -2.47. The second-order valence-corrected chi connectivity index (χ2v) is 7.23. The van der Waals surface area contributed by atoms with Crippen molar-refractivity contribution in [2.75, 3.05) is 13.1 Å². The van der Waals surface area contributed by atoms with Gasteiger partial charge in [-0.3, -0.25) is 9.69 Å². The lowest BCUT2D eigenvalue weighted by molar-refractivity contribution is -0.0404. The number of aromatic nitrogens is 2. The van der Waals surface area contributed by atoms with E-state index in [0.29, 0.717) is 12.0 Å². The van der Waals surface area contributed by atoms with E-state index < -0.39 is 0 Å². The van der Waals surface area contributed by atoms with Crippen LogP contribution in [0, 0.1) is 5.92 Å². The van der Waals surface area contributed by atoms with Gasteiger partial charge < -0.3 is 5.11 Å². The van der Waals surface area contributed by atoms with Crippen molar-refractivity contribution in [3.63, 3.8) is 0 Å². The summed E-state index contributed by atoms with van der Waals surface area (Å²) in [7, 11) is 0. The minimum atomic E-state index is -0.157. The number of hydrogen-bond acceptors (Lipinski definition) is 4. The summed E-state index contributed by atoms with van der Waals surface area (Å²) in [5.41, 5.74) is 2.33. The molecule has 1 aromatic heterocycles. The van der Waals surface area contributed by atoms with Gasteiger partial charge in [0.15, 0.2) is 0 Å². The fourth-order valence-corrected chi connectivity index (χ4v) is 4.33. The van der Waals surface area contributed by atoms with Crippen LogP contribution in [0.5, 0.6) is 0 Å². The average molecular weight is 303 g/mol. The van der Waals surface area contributed by atoms with Crippen molar-refractivity contribution < 1.29 is 5.11 Å². The number of aryl methyl sites for hydroxylation is 2. The Balaban J connectivity index is 1.37. The normalized spacial score (nSPS) is 29.3. The third-order valence-electron chi connectivity index (χ3n) is 5.60. The number of likely N-dealkylation sites (tertiary alicyclic amines) is 1. The molecule has 2 aliphatic carbocycles. The second kappa shape index (κ2) is 5.78. The lowest BCUT2D eigenvalue weighted by atomic mass is 9.87. The minimum Gasteiger partial charge on any atom is -0.391 e. The van der Waals surface area contributed by atoms with Gasteiger partial charge >= 0.3 is 0 Å². The molecular weight excluding hydrogens is 278 g/mol. The number of aliphatic hydroxyl groups excluding tert-OH is 1. The molecule has 120 valence electrons. The van der Waals surface area contributed by atoms with E-state index in [1.807, 2.05) is 0 Å². The van der Waals surface area contributed by atoms with Crippen LogP contribution in [0.3, 0.4) is 0 Å². The van der Waals surface area contributed by atoms with E-state index in [2.05, 4.69) is 10.00 Å². The molecule has 1 saturated carbocycles. The molecule has 1 aliphatic heterocycles. The van der Waals surface area contributed by atoms with Crippen LogP contribution >= 0.6 is 0 Å². The summed E-state index contributed by atoms with van der Waals surface area (Å²) in [6, 6.07) is 2.13. The average Bonchev–Trinajstić information content (AvgIpc) is 2.90. The van der Waals surface area contributed by atoms with E-state index in [9.17, 15) is 9.90 Å². The molecule has 1 aromatic rings. The van der Waals surface area contributed by atoms with Crippen molar-refractivity contribution >= 4 is 0 Å². The van der Waals surface area contributed by atoms with E-state index in [-0.39, 0.29) is 11.7 Å². The summed E-state index contributed by atoms with van der Waals surface area (Å²) in [5.74, 6) is 0.499. The largest absolute Gasteiger partial charge is 0.391 e. The third kappa shape index (κ3) is 2.61. The van der Waals surface area contributed by atoms with Crippen LogP contribution in [0.4, 0.5) is 0 Å². The molecule has 2 heterocycles. The maximum atomic E-state index is 12.1. The van der Waals surface area contributed by atoms with E-state index in [1.54, 1.807) is 10.7 Å². The molecule has 2 atom stereocenters. The Morgan fingerprint density at radius 1 is 1.18 bits per heavy atom. The molecule has 0 bridgehead atoms. The Kier molecular flexibility index (Phi) is 3.78. The zero-order valence-corrected chi connectivity index (χ0v) is 13.1. The zero-order chi connectivity index (χ0) is 15.1. The van der Waals surface area contributed by atoms with Gasteiger partial charge in [0.2, 0.25) is 0 Å². The fourth-order valence-electron chi connectivity index (χ4n) is 4.33. The van der Waals surface area contributed by atoms with Crippen LogP contribution < -0.4 is 5.56 Å². The highest BCUT2D eigenvalue weighted by Gasteiger charge is 2.37. The van der Waals surface area contributed by atoms with Gasteiger partial charge in [-0.25, -0.2) is 4.68 Å². The van der Waals surface area contributed by atoms with Crippen LogP contribution in [-0.4, -0.2) is 45.0 Å². The standard InChI is InChI=1S/C17H25N3O2/c21-16-7-2-1-6-15(16)19-9-12(10-19)11-20-17(22)8-13-4-3-5-14(13)18-20/h8,12,15-16,21H,1-7,9-11H2. The SMILES string of the molecule is O=c1cc2c(nn1CC1CN(C3CCCCC3O)C1)CCC2. The van der Waals surface area contributed by atoms with Gasteiger partial charge in [-0.15, -0.1) is 0 Å². The van der Waals surface area contributed by atoms with Crippen LogP contribution in [0.25, 0.3) is 0 Å². The van der Waals surface area contributed by atoms with Gasteiger partial charge in [0, 0.05) is 31.1 Å². The van der Waals surface area contributed by atoms with Crippen molar-refractivity contribution in [1.82, 2.24) is 14.7 Å². The van der Waals surface area contributed by atoms with Gasteiger partial charge in [-0.2, -0.15) is 5.10 Å². The van der Waals surface area contributed by atoms with Crippen molar-refractivity contribution in [3.05, 3.63) is 27.7 Å². The van der Waals surface area contributed by atoms with Gasteiger partial charge in [0.25, 0.3) is 5.56 Å². The Bertz CT molecular complexity index is 606. The molecule has 0 spiro atoms. The number of rotatable bonds is 3. The van der Waals surface area contributed by atoms with Gasteiger partial charge in [0.1, 0.15) is 0 Å². The first-order valence-corrected chi connectivity index (χ1v) is 8.73. The van der Waals surface area contributed by atoms with Crippen LogP contribution in [0.15, 0.2) is 10.9 Å². The molecule has 2 fully saturated rings. The Morgan fingerprint density at radius 3 is 2.82 bits per heavy atom. The molecule has 1 saturated heterocycles. The molecule has 5 nitrogen and oxygen atoms in total. The van der Waals surface area contributed by atoms with Crippen molar-refractivity contribution in [3.8, 4) is 0 Å². The molecule has 5 heteroatoms. The van der Waals surface area contributed by atoms with E-state index in [0.717, 1.165) is 69.4 Å². The molecule has 0 aromatic carbocycles. The minimum absolute atomic E-state index is 0.0526. The zero-order valence-electron chi connectivity index (χ0n) is 13.1. The smallest absolute Gasteiger partial charge is 0.267 e. The van der Waals surface area contributed by atoms with Crippen LogP contribution in [0.2, 0.25) is 0 Å². The topological polar surface area (TPSA) is 58.4 Å². The third-order valence-corrected chi connectivity index (χ3v) is 5.60. The first-order valence-electron chi connectivity index (χ1n) is 8.73. The molecule has 0 amide bonds. The summed E-state index contributed by atoms with van der Waals surface area (Å²) >= 11 is 0. The van der Waals surface area contributed by atoms with Crippen molar-refractivity contribution in [2.45, 2.75) is 63.6 Å². The first-order chi connectivity index (χ1) is 10.7. The summed E-state index contributed by atoms with van der Waals surface area (Å²) in [6.45, 7) is 2.71. The Labute approximate surface area is 130 Å². The monoisotopic (exact) mass is 303 g/mol. The predicted octanol–water partition coefficient (Wildman–Crippen LogP) is 0.967. The van der Waals surface area contributed by atoms with Gasteiger partial charge in [-0.05, 0) is 37.7 Å². The summed E-state index contributed by atoms with van der Waals surface area (Å²) in [6.07, 6.45) is 7.44.